The lowest BCUT2D eigenvalue weighted by Gasteiger charge is -2.08. The molecule has 2 N–H and O–H groups in total. The number of nitro benzene ring substituents is 1. The zero-order valence-electron chi connectivity index (χ0n) is 10.8. The second-order valence-corrected chi connectivity index (χ2v) is 4.19. The minimum Gasteiger partial charge on any atom is -0.481 e. The topological polar surface area (TPSA) is 110 Å². The fourth-order valence-corrected chi connectivity index (χ4v) is 1.48. The van der Waals surface area contributed by atoms with Gasteiger partial charge < -0.3 is 10.4 Å². The largest absolute Gasteiger partial charge is 0.481 e. The Morgan fingerprint density at radius 2 is 2.00 bits per heavy atom. The van der Waals surface area contributed by atoms with Crippen molar-refractivity contribution in [2.45, 2.75) is 19.4 Å². The number of nitrogens with zero attached hydrogens (tertiary/aromatic N) is 1. The van der Waals surface area contributed by atoms with Crippen LogP contribution in [0, 0.1) is 10.1 Å². The molecule has 7 nitrogen and oxygen atoms in total. The molecule has 0 heterocycles. The number of non-ortho nitro benzene ring substituents is 1. The van der Waals surface area contributed by atoms with Gasteiger partial charge in [-0.1, -0.05) is 0 Å². The van der Waals surface area contributed by atoms with Crippen molar-refractivity contribution in [2.75, 3.05) is 0 Å². The van der Waals surface area contributed by atoms with E-state index in [1.807, 2.05) is 0 Å². The summed E-state index contributed by atoms with van der Waals surface area (Å²) in [7, 11) is 0. The van der Waals surface area contributed by atoms with Crippen LogP contribution in [0.15, 0.2) is 30.3 Å². The van der Waals surface area contributed by atoms with Gasteiger partial charge in [-0.05, 0) is 30.7 Å². The highest BCUT2D eigenvalue weighted by atomic mass is 16.6. The second kappa shape index (κ2) is 7.03. The van der Waals surface area contributed by atoms with E-state index in [1.54, 1.807) is 6.92 Å². The maximum atomic E-state index is 11.5. The van der Waals surface area contributed by atoms with E-state index in [1.165, 1.54) is 36.4 Å². The van der Waals surface area contributed by atoms with Gasteiger partial charge in [0.2, 0.25) is 5.91 Å². The van der Waals surface area contributed by atoms with Gasteiger partial charge in [0.05, 0.1) is 11.3 Å². The fraction of sp³-hybridized carbons (Fsp3) is 0.231. The Bertz CT molecular complexity index is 536. The molecule has 1 atom stereocenters. The standard InChI is InChI=1S/C13H14N2O5/c1-9(8-13(17)18)14-12(16)7-4-10-2-5-11(6-3-10)15(19)20/h2-7,9H,8H2,1H3,(H,14,16)(H,17,18)/b7-4+. The Morgan fingerprint density at radius 1 is 1.40 bits per heavy atom. The molecule has 0 spiro atoms. The zero-order chi connectivity index (χ0) is 15.1. The highest BCUT2D eigenvalue weighted by molar-refractivity contribution is 5.92. The molecular weight excluding hydrogens is 264 g/mol. The van der Waals surface area contributed by atoms with Crippen LogP contribution >= 0.6 is 0 Å². The average Bonchev–Trinajstić information content (AvgIpc) is 2.35. The van der Waals surface area contributed by atoms with Gasteiger partial charge in [-0.15, -0.1) is 0 Å². The molecule has 0 saturated heterocycles. The number of amides is 1. The maximum absolute atomic E-state index is 11.5. The van der Waals surface area contributed by atoms with Gasteiger partial charge >= 0.3 is 5.97 Å². The summed E-state index contributed by atoms with van der Waals surface area (Å²) in [4.78, 5) is 31.9. The van der Waals surface area contributed by atoms with E-state index in [9.17, 15) is 19.7 Å². The van der Waals surface area contributed by atoms with Crippen molar-refractivity contribution in [3.8, 4) is 0 Å². The van der Waals surface area contributed by atoms with E-state index in [4.69, 9.17) is 5.11 Å². The van der Waals surface area contributed by atoms with Crippen LogP contribution in [0.1, 0.15) is 18.9 Å². The van der Waals surface area contributed by atoms with Gasteiger partial charge in [0.1, 0.15) is 0 Å². The van der Waals surface area contributed by atoms with Crippen molar-refractivity contribution in [3.05, 3.63) is 46.0 Å². The van der Waals surface area contributed by atoms with Crippen LogP contribution in [0.4, 0.5) is 5.69 Å². The number of nitro groups is 1. The van der Waals surface area contributed by atoms with Gasteiger partial charge in [-0.3, -0.25) is 19.7 Å². The van der Waals surface area contributed by atoms with Crippen molar-refractivity contribution in [1.29, 1.82) is 0 Å². The predicted molar refractivity (Wildman–Crippen MR) is 72.0 cm³/mol. The Morgan fingerprint density at radius 3 is 2.50 bits per heavy atom. The monoisotopic (exact) mass is 278 g/mol. The van der Waals surface area contributed by atoms with Crippen molar-refractivity contribution < 1.29 is 19.6 Å². The second-order valence-electron chi connectivity index (χ2n) is 4.19. The normalized spacial score (nSPS) is 12.1. The van der Waals surface area contributed by atoms with Crippen LogP contribution in [0.2, 0.25) is 0 Å². The highest BCUT2D eigenvalue weighted by Crippen LogP contribution is 2.12. The number of hydrogen-bond donors (Lipinski definition) is 2. The van der Waals surface area contributed by atoms with Crippen LogP contribution in [0.5, 0.6) is 0 Å². The molecular formula is C13H14N2O5. The summed E-state index contributed by atoms with van der Waals surface area (Å²) in [5, 5.41) is 21.5. The molecule has 0 aromatic heterocycles. The van der Waals surface area contributed by atoms with E-state index < -0.39 is 22.8 Å². The third-order valence-electron chi connectivity index (χ3n) is 2.40. The number of aliphatic carboxylic acids is 1. The van der Waals surface area contributed by atoms with Crippen molar-refractivity contribution in [1.82, 2.24) is 5.32 Å². The lowest BCUT2D eigenvalue weighted by molar-refractivity contribution is -0.384. The lowest BCUT2D eigenvalue weighted by atomic mass is 10.2. The first-order valence-electron chi connectivity index (χ1n) is 5.83. The Balaban J connectivity index is 2.56. The molecule has 0 fully saturated rings. The molecule has 0 aliphatic rings. The molecule has 1 amide bonds. The van der Waals surface area contributed by atoms with Gasteiger partial charge in [0, 0.05) is 24.3 Å². The van der Waals surface area contributed by atoms with E-state index in [0.29, 0.717) is 5.56 Å². The molecule has 1 rings (SSSR count). The van der Waals surface area contributed by atoms with Crippen LogP contribution in [-0.4, -0.2) is 27.9 Å². The zero-order valence-corrected chi connectivity index (χ0v) is 10.8. The summed E-state index contributed by atoms with van der Waals surface area (Å²) in [5.41, 5.74) is 0.610. The fourth-order valence-electron chi connectivity index (χ4n) is 1.48. The first-order valence-corrected chi connectivity index (χ1v) is 5.83. The Kier molecular flexibility index (Phi) is 5.40. The number of carbonyl (C=O) groups is 2. The molecule has 1 aromatic carbocycles. The third kappa shape index (κ3) is 5.30. The van der Waals surface area contributed by atoms with Crippen molar-refractivity contribution >= 4 is 23.6 Å². The molecule has 7 heteroatoms. The van der Waals surface area contributed by atoms with Crippen LogP contribution in [0.3, 0.4) is 0 Å². The summed E-state index contributed by atoms with van der Waals surface area (Å²) in [6.45, 7) is 1.59. The van der Waals surface area contributed by atoms with Crippen molar-refractivity contribution in [2.24, 2.45) is 0 Å². The minimum absolute atomic E-state index is 0.0262. The third-order valence-corrected chi connectivity index (χ3v) is 2.40. The van der Waals surface area contributed by atoms with E-state index in [0.717, 1.165) is 0 Å². The molecule has 1 aromatic rings. The summed E-state index contributed by atoms with van der Waals surface area (Å²) in [6, 6.07) is 5.24. The molecule has 0 aliphatic carbocycles. The number of nitrogens with one attached hydrogen (secondary N) is 1. The van der Waals surface area contributed by atoms with Gasteiger partial charge in [-0.2, -0.15) is 0 Å². The highest BCUT2D eigenvalue weighted by Gasteiger charge is 2.08. The molecule has 20 heavy (non-hydrogen) atoms. The molecule has 1 unspecified atom stereocenters. The number of rotatable bonds is 6. The number of carboxylic acids is 1. The molecule has 0 bridgehead atoms. The Labute approximate surface area is 115 Å². The molecule has 0 saturated carbocycles. The van der Waals surface area contributed by atoms with Gasteiger partial charge in [0.25, 0.3) is 5.69 Å². The predicted octanol–water partition coefficient (Wildman–Crippen LogP) is 1.59. The maximum Gasteiger partial charge on any atom is 0.305 e. The number of carboxylic acid groups (broad SMARTS) is 1. The number of carbonyl (C=O) groups excluding carboxylic acids is 1. The SMILES string of the molecule is CC(CC(=O)O)NC(=O)/C=C/c1ccc([N+](=O)[O-])cc1. The number of benzene rings is 1. The summed E-state index contributed by atoms with van der Waals surface area (Å²) in [6.07, 6.45) is 2.59. The Hall–Kier alpha value is -2.70. The van der Waals surface area contributed by atoms with Crippen molar-refractivity contribution in [3.63, 3.8) is 0 Å². The summed E-state index contributed by atoms with van der Waals surface area (Å²) >= 11 is 0. The van der Waals surface area contributed by atoms with E-state index in [2.05, 4.69) is 5.32 Å². The van der Waals surface area contributed by atoms with E-state index >= 15 is 0 Å². The average molecular weight is 278 g/mol. The van der Waals surface area contributed by atoms with Crippen LogP contribution < -0.4 is 5.32 Å². The van der Waals surface area contributed by atoms with E-state index in [-0.39, 0.29) is 12.1 Å². The molecule has 0 aliphatic heterocycles. The summed E-state index contributed by atoms with van der Waals surface area (Å²) in [5.74, 6) is -1.41. The smallest absolute Gasteiger partial charge is 0.305 e. The summed E-state index contributed by atoms with van der Waals surface area (Å²) < 4.78 is 0. The quantitative estimate of drug-likeness (QED) is 0.466. The first-order chi connectivity index (χ1) is 9.38. The number of hydrogen-bond acceptors (Lipinski definition) is 4. The lowest BCUT2D eigenvalue weighted by Crippen LogP contribution is -2.32. The molecule has 0 radical (unpaired) electrons. The van der Waals surface area contributed by atoms with Crippen LogP contribution in [0.25, 0.3) is 6.08 Å². The first kappa shape index (κ1) is 15.4. The van der Waals surface area contributed by atoms with Gasteiger partial charge in [-0.25, -0.2) is 0 Å². The molecule has 106 valence electrons. The van der Waals surface area contributed by atoms with Gasteiger partial charge in [0.15, 0.2) is 0 Å². The van der Waals surface area contributed by atoms with Crippen LogP contribution in [-0.2, 0) is 9.59 Å². The minimum atomic E-state index is -0.989.